The van der Waals surface area contributed by atoms with Crippen LogP contribution in [0.25, 0.3) is 0 Å². The topological polar surface area (TPSA) is 0 Å². The average molecular weight is 211 g/mol. The van der Waals surface area contributed by atoms with Crippen LogP contribution in [0.4, 0.5) is 9.41 Å². The molecule has 0 bridgehead atoms. The fourth-order valence-corrected chi connectivity index (χ4v) is 2.07. The van der Waals surface area contributed by atoms with Crippen LogP contribution in [0.15, 0.2) is 21.5 Å². The number of halogens is 2. The Balaban J connectivity index is 0. The molecule has 0 saturated carbocycles. The summed E-state index contributed by atoms with van der Waals surface area (Å²) in [5, 5.41) is 0. The van der Waals surface area contributed by atoms with E-state index >= 15 is 0 Å². The van der Waals surface area contributed by atoms with Gasteiger partial charge in [-0.25, -0.2) is 0 Å². The fraction of sp³-hybridized carbons (Fsp3) is 0.333. The monoisotopic (exact) mass is 210 g/mol. The van der Waals surface area contributed by atoms with E-state index in [4.69, 9.17) is 0 Å². The van der Waals surface area contributed by atoms with Crippen LogP contribution >= 0.6 is 0 Å². The Labute approximate surface area is 65.3 Å². The van der Waals surface area contributed by atoms with Gasteiger partial charge in [-0.15, -0.1) is 0 Å². The molecule has 0 aromatic carbocycles. The van der Waals surface area contributed by atoms with Crippen LogP contribution in [0.1, 0.15) is 6.42 Å². The maximum absolute atomic E-state index is 2.36. The molecular formula is C6H10F2Zr. The summed E-state index contributed by atoms with van der Waals surface area (Å²) in [6, 6.07) is 0. The Hall–Kier alpha value is 0.223. The van der Waals surface area contributed by atoms with E-state index < -0.39 is 0 Å². The first-order valence-electron chi connectivity index (χ1n) is 2.47. The SMILES string of the molecule is F.F.[CH3][Zr][C]1=CC=CC1. The molecule has 0 heterocycles. The first kappa shape index (κ1) is 12.0. The van der Waals surface area contributed by atoms with Crippen molar-refractivity contribution in [3.63, 3.8) is 0 Å². The van der Waals surface area contributed by atoms with Gasteiger partial charge in [0, 0.05) is 0 Å². The van der Waals surface area contributed by atoms with E-state index in [1.54, 1.807) is 3.28 Å². The Bertz CT molecular complexity index is 118. The van der Waals surface area contributed by atoms with Gasteiger partial charge in [0.2, 0.25) is 0 Å². The van der Waals surface area contributed by atoms with Gasteiger partial charge < -0.3 is 0 Å². The van der Waals surface area contributed by atoms with Crippen molar-refractivity contribution in [2.45, 2.75) is 11.1 Å². The second-order valence-electron chi connectivity index (χ2n) is 1.57. The molecule has 3 heteroatoms. The van der Waals surface area contributed by atoms with Gasteiger partial charge in [0.1, 0.15) is 0 Å². The molecule has 0 amide bonds. The van der Waals surface area contributed by atoms with Crippen molar-refractivity contribution in [2.24, 2.45) is 0 Å². The first-order chi connectivity index (χ1) is 3.43. The predicted octanol–water partition coefficient (Wildman–Crippen LogP) is 2.27. The molecular weight excluding hydrogens is 201 g/mol. The van der Waals surface area contributed by atoms with Crippen molar-refractivity contribution in [1.82, 2.24) is 0 Å². The van der Waals surface area contributed by atoms with Crippen LogP contribution in [-0.2, 0) is 23.2 Å². The van der Waals surface area contributed by atoms with E-state index in [-0.39, 0.29) is 32.6 Å². The summed E-state index contributed by atoms with van der Waals surface area (Å²) < 4.78 is 4.09. The van der Waals surface area contributed by atoms with Gasteiger partial charge in [-0.1, -0.05) is 0 Å². The minimum atomic E-state index is -0.0408. The summed E-state index contributed by atoms with van der Waals surface area (Å²) in [5.74, 6) is 0. The Morgan fingerprint density at radius 2 is 2.11 bits per heavy atom. The van der Waals surface area contributed by atoms with Gasteiger partial charge in [0.25, 0.3) is 0 Å². The number of rotatable bonds is 1. The van der Waals surface area contributed by atoms with Crippen LogP contribution in [0.5, 0.6) is 0 Å². The van der Waals surface area contributed by atoms with E-state index in [0.29, 0.717) is 0 Å². The first-order valence-corrected chi connectivity index (χ1v) is 6.15. The molecule has 0 N–H and O–H groups in total. The number of hydrogen-bond acceptors (Lipinski definition) is 0. The van der Waals surface area contributed by atoms with Crippen molar-refractivity contribution < 1.29 is 32.6 Å². The zero-order valence-corrected chi connectivity index (χ0v) is 7.71. The molecule has 0 radical (unpaired) electrons. The van der Waals surface area contributed by atoms with Gasteiger partial charge >= 0.3 is 55.8 Å². The average Bonchev–Trinajstić information content (AvgIpc) is 2.14. The molecule has 0 aromatic rings. The summed E-state index contributed by atoms with van der Waals surface area (Å²) in [4.78, 5) is 0. The van der Waals surface area contributed by atoms with E-state index in [2.05, 4.69) is 22.9 Å². The van der Waals surface area contributed by atoms with Crippen molar-refractivity contribution in [3.8, 4) is 0 Å². The van der Waals surface area contributed by atoms with Crippen LogP contribution in [0.2, 0.25) is 4.63 Å². The zero-order chi connectivity index (χ0) is 5.11. The molecule has 0 nitrogen and oxygen atoms in total. The van der Waals surface area contributed by atoms with Crippen molar-refractivity contribution in [3.05, 3.63) is 21.5 Å². The van der Waals surface area contributed by atoms with E-state index in [1.165, 1.54) is 6.42 Å². The van der Waals surface area contributed by atoms with Crippen LogP contribution in [-0.4, -0.2) is 0 Å². The van der Waals surface area contributed by atoms with Gasteiger partial charge in [-0.3, -0.25) is 9.41 Å². The van der Waals surface area contributed by atoms with Crippen molar-refractivity contribution in [1.29, 1.82) is 0 Å². The van der Waals surface area contributed by atoms with Gasteiger partial charge in [0.05, 0.1) is 0 Å². The normalized spacial score (nSPS) is 13.2. The summed E-state index contributed by atoms with van der Waals surface area (Å²) >= 11 is -0.0408. The van der Waals surface area contributed by atoms with E-state index in [9.17, 15) is 0 Å². The molecule has 0 atom stereocenters. The van der Waals surface area contributed by atoms with Crippen LogP contribution < -0.4 is 0 Å². The maximum atomic E-state index is 2.36. The second kappa shape index (κ2) is 6.34. The third-order valence-corrected chi connectivity index (χ3v) is 3.58. The van der Waals surface area contributed by atoms with Crippen LogP contribution in [0.3, 0.4) is 0 Å². The van der Waals surface area contributed by atoms with E-state index in [0.717, 1.165) is 0 Å². The zero-order valence-electron chi connectivity index (χ0n) is 5.26. The third kappa shape index (κ3) is 3.74. The summed E-state index contributed by atoms with van der Waals surface area (Å²) in [6.45, 7) is 0. The number of allylic oxidation sites excluding steroid dienone is 4. The van der Waals surface area contributed by atoms with Crippen LogP contribution in [0, 0.1) is 0 Å². The molecule has 0 spiro atoms. The molecule has 1 rings (SSSR count). The van der Waals surface area contributed by atoms with Crippen molar-refractivity contribution >= 4 is 0 Å². The fourth-order valence-electron chi connectivity index (χ4n) is 0.633. The number of hydrogen-bond donors (Lipinski definition) is 0. The minimum absolute atomic E-state index is 0. The van der Waals surface area contributed by atoms with Gasteiger partial charge in [-0.2, -0.15) is 0 Å². The molecule has 0 aliphatic heterocycles. The standard InChI is InChI=1S/C5H5.CH3.2FH.Zr/c1-2-4-5-3-1;;;;/h1-3H,4H2;1H3;2*1H;. The second-order valence-corrected chi connectivity index (χ2v) is 4.38. The summed E-state index contributed by atoms with van der Waals surface area (Å²) in [6.07, 6.45) is 7.94. The summed E-state index contributed by atoms with van der Waals surface area (Å²) in [5.41, 5.74) is 0. The molecule has 0 saturated heterocycles. The Morgan fingerprint density at radius 3 is 2.33 bits per heavy atom. The van der Waals surface area contributed by atoms with E-state index in [1.807, 2.05) is 0 Å². The molecule has 52 valence electrons. The summed E-state index contributed by atoms with van der Waals surface area (Å²) in [7, 11) is 0. The molecule has 0 aromatic heterocycles. The van der Waals surface area contributed by atoms with Crippen molar-refractivity contribution in [2.75, 3.05) is 0 Å². The van der Waals surface area contributed by atoms with Gasteiger partial charge in [0.15, 0.2) is 0 Å². The molecule has 0 unspecified atom stereocenters. The Morgan fingerprint density at radius 1 is 1.44 bits per heavy atom. The molecule has 1 aliphatic carbocycles. The predicted molar refractivity (Wildman–Crippen MR) is 32.7 cm³/mol. The molecule has 9 heavy (non-hydrogen) atoms. The molecule has 0 fully saturated rings. The Kier molecular flexibility index (Phi) is 8.43. The third-order valence-electron chi connectivity index (χ3n) is 1.09. The van der Waals surface area contributed by atoms with Gasteiger partial charge in [-0.05, 0) is 0 Å². The quantitative estimate of drug-likeness (QED) is 0.624. The molecule has 1 aliphatic rings.